The standard InChI is InChI=1S/C10H11N/c1-10(2,11-3)9-7-5-4-6-8-9/h4-8H,1-2H3. The van der Waals surface area contributed by atoms with Crippen molar-refractivity contribution < 1.29 is 0 Å². The summed E-state index contributed by atoms with van der Waals surface area (Å²) in [4.78, 5) is 3.54. The summed E-state index contributed by atoms with van der Waals surface area (Å²) in [6, 6.07) is 9.85. The molecule has 0 heterocycles. The minimum Gasteiger partial charge on any atom is -0.306 e. The van der Waals surface area contributed by atoms with Gasteiger partial charge < -0.3 is 4.85 Å². The Hall–Kier alpha value is -1.29. The molecule has 1 rings (SSSR count). The molecule has 0 atom stereocenters. The lowest BCUT2D eigenvalue weighted by Crippen LogP contribution is -2.10. The Morgan fingerprint density at radius 2 is 1.73 bits per heavy atom. The zero-order chi connectivity index (χ0) is 8.32. The van der Waals surface area contributed by atoms with Crippen molar-refractivity contribution in [3.05, 3.63) is 47.3 Å². The molecule has 0 saturated carbocycles. The minimum atomic E-state index is -0.374. The molecule has 11 heavy (non-hydrogen) atoms. The lowest BCUT2D eigenvalue weighted by atomic mass is 9.96. The third-order valence-corrected chi connectivity index (χ3v) is 1.76. The first-order valence-corrected chi connectivity index (χ1v) is 3.61. The van der Waals surface area contributed by atoms with E-state index in [1.54, 1.807) is 0 Å². The molecule has 1 aromatic carbocycles. The molecule has 0 fully saturated rings. The predicted octanol–water partition coefficient (Wildman–Crippen LogP) is 2.84. The monoisotopic (exact) mass is 145 g/mol. The average Bonchev–Trinajstić information content (AvgIpc) is 2.06. The van der Waals surface area contributed by atoms with Crippen molar-refractivity contribution in [1.82, 2.24) is 0 Å². The van der Waals surface area contributed by atoms with Gasteiger partial charge in [0.15, 0.2) is 0 Å². The van der Waals surface area contributed by atoms with E-state index in [0.29, 0.717) is 0 Å². The highest BCUT2D eigenvalue weighted by molar-refractivity contribution is 5.25. The van der Waals surface area contributed by atoms with E-state index in [1.807, 2.05) is 44.2 Å². The molecule has 0 aliphatic rings. The molecule has 0 amide bonds. The highest BCUT2D eigenvalue weighted by Gasteiger charge is 2.24. The molecular formula is C10H11N. The first kappa shape index (κ1) is 7.81. The summed E-state index contributed by atoms with van der Waals surface area (Å²) in [7, 11) is 0. The van der Waals surface area contributed by atoms with Crippen LogP contribution in [0.25, 0.3) is 4.85 Å². The summed E-state index contributed by atoms with van der Waals surface area (Å²) in [6.07, 6.45) is 0. The van der Waals surface area contributed by atoms with Crippen LogP contribution >= 0.6 is 0 Å². The van der Waals surface area contributed by atoms with E-state index in [2.05, 4.69) is 4.85 Å². The Kier molecular flexibility index (Phi) is 1.96. The Morgan fingerprint density at radius 3 is 2.18 bits per heavy atom. The van der Waals surface area contributed by atoms with Crippen LogP contribution in [0.15, 0.2) is 30.3 Å². The molecular weight excluding hydrogens is 134 g/mol. The van der Waals surface area contributed by atoms with E-state index in [0.717, 1.165) is 5.56 Å². The van der Waals surface area contributed by atoms with Crippen molar-refractivity contribution >= 4 is 0 Å². The van der Waals surface area contributed by atoms with Gasteiger partial charge in [-0.15, -0.1) is 0 Å². The molecule has 0 aliphatic heterocycles. The second-order valence-corrected chi connectivity index (χ2v) is 3.04. The van der Waals surface area contributed by atoms with Crippen molar-refractivity contribution in [2.24, 2.45) is 0 Å². The Labute approximate surface area is 67.5 Å². The van der Waals surface area contributed by atoms with Gasteiger partial charge in [-0.1, -0.05) is 30.3 Å². The van der Waals surface area contributed by atoms with Crippen molar-refractivity contribution in [3.8, 4) is 0 Å². The van der Waals surface area contributed by atoms with Gasteiger partial charge in [-0.3, -0.25) is 0 Å². The van der Waals surface area contributed by atoms with E-state index in [-0.39, 0.29) is 5.54 Å². The summed E-state index contributed by atoms with van der Waals surface area (Å²) >= 11 is 0. The number of hydrogen-bond donors (Lipinski definition) is 0. The molecule has 1 heteroatoms. The first-order valence-electron chi connectivity index (χ1n) is 3.61. The minimum absolute atomic E-state index is 0.374. The van der Waals surface area contributed by atoms with Crippen molar-refractivity contribution in [3.63, 3.8) is 0 Å². The quantitative estimate of drug-likeness (QED) is 0.535. The lowest BCUT2D eigenvalue weighted by molar-refractivity contribution is 0.664. The summed E-state index contributed by atoms with van der Waals surface area (Å²) in [5, 5.41) is 0. The fourth-order valence-electron chi connectivity index (χ4n) is 0.911. The molecule has 0 radical (unpaired) electrons. The van der Waals surface area contributed by atoms with Crippen LogP contribution in [0.4, 0.5) is 0 Å². The second-order valence-electron chi connectivity index (χ2n) is 3.04. The van der Waals surface area contributed by atoms with Crippen LogP contribution in [0.5, 0.6) is 0 Å². The Morgan fingerprint density at radius 1 is 1.18 bits per heavy atom. The van der Waals surface area contributed by atoms with Crippen LogP contribution in [0.2, 0.25) is 0 Å². The summed E-state index contributed by atoms with van der Waals surface area (Å²) in [5.74, 6) is 0. The van der Waals surface area contributed by atoms with Crippen molar-refractivity contribution in [1.29, 1.82) is 0 Å². The van der Waals surface area contributed by atoms with Gasteiger partial charge in [-0.25, -0.2) is 6.57 Å². The highest BCUT2D eigenvalue weighted by atomic mass is 14.8. The number of nitrogens with zero attached hydrogens (tertiary/aromatic N) is 1. The maximum Gasteiger partial charge on any atom is 0.252 e. The largest absolute Gasteiger partial charge is 0.306 e. The molecule has 0 aromatic heterocycles. The SMILES string of the molecule is [C-]#[N+]C(C)(C)c1ccccc1. The number of hydrogen-bond acceptors (Lipinski definition) is 0. The van der Waals surface area contributed by atoms with E-state index < -0.39 is 0 Å². The van der Waals surface area contributed by atoms with Gasteiger partial charge in [0.05, 0.1) is 0 Å². The zero-order valence-electron chi connectivity index (χ0n) is 6.83. The van der Waals surface area contributed by atoms with Gasteiger partial charge in [0.2, 0.25) is 0 Å². The fourth-order valence-corrected chi connectivity index (χ4v) is 0.911. The number of rotatable bonds is 1. The van der Waals surface area contributed by atoms with Gasteiger partial charge in [-0.2, -0.15) is 0 Å². The van der Waals surface area contributed by atoms with Gasteiger partial charge in [0.25, 0.3) is 5.54 Å². The van der Waals surface area contributed by atoms with E-state index >= 15 is 0 Å². The second kappa shape index (κ2) is 2.75. The van der Waals surface area contributed by atoms with Gasteiger partial charge in [-0.05, 0) is 0 Å². The third kappa shape index (κ3) is 1.59. The van der Waals surface area contributed by atoms with Crippen LogP contribution in [-0.2, 0) is 5.54 Å². The normalized spacial score (nSPS) is 10.6. The van der Waals surface area contributed by atoms with Crippen LogP contribution in [0, 0.1) is 6.57 Å². The van der Waals surface area contributed by atoms with Gasteiger partial charge in [0.1, 0.15) is 0 Å². The molecule has 0 aliphatic carbocycles. The predicted molar refractivity (Wildman–Crippen MR) is 46.1 cm³/mol. The van der Waals surface area contributed by atoms with Gasteiger partial charge >= 0.3 is 0 Å². The molecule has 0 saturated heterocycles. The van der Waals surface area contributed by atoms with E-state index in [9.17, 15) is 0 Å². The number of benzene rings is 1. The molecule has 0 bridgehead atoms. The van der Waals surface area contributed by atoms with E-state index in [4.69, 9.17) is 6.57 Å². The third-order valence-electron chi connectivity index (χ3n) is 1.76. The highest BCUT2D eigenvalue weighted by Crippen LogP contribution is 2.23. The zero-order valence-corrected chi connectivity index (χ0v) is 6.83. The van der Waals surface area contributed by atoms with Crippen molar-refractivity contribution in [2.75, 3.05) is 0 Å². The first-order chi connectivity index (χ1) is 5.17. The summed E-state index contributed by atoms with van der Waals surface area (Å²) < 4.78 is 0. The van der Waals surface area contributed by atoms with Gasteiger partial charge in [0, 0.05) is 19.4 Å². The van der Waals surface area contributed by atoms with Crippen LogP contribution < -0.4 is 0 Å². The van der Waals surface area contributed by atoms with E-state index in [1.165, 1.54) is 0 Å². The van der Waals surface area contributed by atoms with Crippen molar-refractivity contribution in [2.45, 2.75) is 19.4 Å². The fraction of sp³-hybridized carbons (Fsp3) is 0.300. The molecule has 56 valence electrons. The molecule has 0 N–H and O–H groups in total. The maximum absolute atomic E-state index is 6.97. The molecule has 1 nitrogen and oxygen atoms in total. The Balaban J connectivity index is 3.05. The lowest BCUT2D eigenvalue weighted by Gasteiger charge is -2.10. The Bertz CT molecular complexity index is 267. The molecule has 0 spiro atoms. The maximum atomic E-state index is 6.97. The molecule has 0 unspecified atom stereocenters. The topological polar surface area (TPSA) is 4.36 Å². The average molecular weight is 145 g/mol. The smallest absolute Gasteiger partial charge is 0.252 e. The molecule has 1 aromatic rings. The summed E-state index contributed by atoms with van der Waals surface area (Å²) in [6.45, 7) is 10.8. The van der Waals surface area contributed by atoms with Crippen LogP contribution in [-0.4, -0.2) is 0 Å². The van der Waals surface area contributed by atoms with Crippen LogP contribution in [0.3, 0.4) is 0 Å². The van der Waals surface area contributed by atoms with Crippen LogP contribution in [0.1, 0.15) is 19.4 Å². The summed E-state index contributed by atoms with van der Waals surface area (Å²) in [5.41, 5.74) is 0.705.